The van der Waals surface area contributed by atoms with Gasteiger partial charge >= 0.3 is 0 Å². The van der Waals surface area contributed by atoms with E-state index in [1.54, 1.807) is 0 Å². The minimum Gasteiger partial charge on any atom is -0.330 e. The highest BCUT2D eigenvalue weighted by atomic mass is 15.1. The molecule has 2 heteroatoms. The third-order valence-corrected chi connectivity index (χ3v) is 3.20. The standard InChI is InChI=1S/C10H22N2/c1-3-9(8-11)10-6-4-5-7-12(10)2/h9-10H,3-8,11H2,1-2H3/t9?,10-/m0/s1. The molecule has 2 nitrogen and oxygen atoms in total. The Bertz CT molecular complexity index is 121. The molecule has 2 atom stereocenters. The van der Waals surface area contributed by atoms with E-state index >= 15 is 0 Å². The SMILES string of the molecule is CCC(CN)[C@@H]1CCCCN1C. The molecule has 0 spiro atoms. The van der Waals surface area contributed by atoms with Gasteiger partial charge in [-0.2, -0.15) is 0 Å². The molecule has 0 amide bonds. The predicted octanol–water partition coefficient (Wildman–Crippen LogP) is 1.46. The molecule has 1 aliphatic rings. The summed E-state index contributed by atoms with van der Waals surface area (Å²) in [7, 11) is 2.24. The molecule has 1 saturated heterocycles. The fourth-order valence-corrected chi connectivity index (χ4v) is 2.29. The zero-order valence-electron chi connectivity index (χ0n) is 8.42. The van der Waals surface area contributed by atoms with Crippen molar-refractivity contribution in [1.82, 2.24) is 4.90 Å². The Labute approximate surface area is 76.1 Å². The first-order chi connectivity index (χ1) is 5.79. The zero-order chi connectivity index (χ0) is 8.97. The first kappa shape index (κ1) is 10.0. The van der Waals surface area contributed by atoms with E-state index in [-0.39, 0.29) is 0 Å². The van der Waals surface area contributed by atoms with Crippen molar-refractivity contribution >= 4 is 0 Å². The van der Waals surface area contributed by atoms with Crippen LogP contribution in [0.15, 0.2) is 0 Å². The molecule has 0 aromatic rings. The van der Waals surface area contributed by atoms with Crippen molar-refractivity contribution in [3.05, 3.63) is 0 Å². The van der Waals surface area contributed by atoms with Crippen molar-refractivity contribution in [3.63, 3.8) is 0 Å². The third-order valence-electron chi connectivity index (χ3n) is 3.20. The molecule has 1 unspecified atom stereocenters. The maximum Gasteiger partial charge on any atom is 0.0132 e. The minimum atomic E-state index is 0.718. The smallest absolute Gasteiger partial charge is 0.0132 e. The van der Waals surface area contributed by atoms with Gasteiger partial charge in [0.15, 0.2) is 0 Å². The Morgan fingerprint density at radius 3 is 2.75 bits per heavy atom. The third kappa shape index (κ3) is 2.20. The van der Waals surface area contributed by atoms with Gasteiger partial charge in [-0.1, -0.05) is 19.8 Å². The molecule has 1 heterocycles. The topological polar surface area (TPSA) is 29.3 Å². The van der Waals surface area contributed by atoms with Crippen LogP contribution in [0.5, 0.6) is 0 Å². The van der Waals surface area contributed by atoms with Gasteiger partial charge < -0.3 is 10.6 Å². The highest BCUT2D eigenvalue weighted by Crippen LogP contribution is 2.23. The van der Waals surface area contributed by atoms with Crippen LogP contribution in [-0.4, -0.2) is 31.1 Å². The van der Waals surface area contributed by atoms with Crippen LogP contribution in [0.2, 0.25) is 0 Å². The van der Waals surface area contributed by atoms with Crippen LogP contribution < -0.4 is 5.73 Å². The number of hydrogen-bond acceptors (Lipinski definition) is 2. The first-order valence-corrected chi connectivity index (χ1v) is 5.20. The maximum absolute atomic E-state index is 5.75. The number of piperidine rings is 1. The van der Waals surface area contributed by atoms with E-state index in [0.29, 0.717) is 0 Å². The van der Waals surface area contributed by atoms with Crippen molar-refractivity contribution in [2.75, 3.05) is 20.1 Å². The van der Waals surface area contributed by atoms with Crippen LogP contribution in [0.25, 0.3) is 0 Å². The average molecular weight is 170 g/mol. The van der Waals surface area contributed by atoms with Crippen molar-refractivity contribution < 1.29 is 0 Å². The molecule has 1 rings (SSSR count). The van der Waals surface area contributed by atoms with Crippen LogP contribution in [0.3, 0.4) is 0 Å². The maximum atomic E-state index is 5.75. The summed E-state index contributed by atoms with van der Waals surface area (Å²) in [6.07, 6.45) is 5.34. The lowest BCUT2D eigenvalue weighted by Crippen LogP contribution is -2.43. The fourth-order valence-electron chi connectivity index (χ4n) is 2.29. The fraction of sp³-hybridized carbons (Fsp3) is 1.00. The van der Waals surface area contributed by atoms with Crippen molar-refractivity contribution in [3.8, 4) is 0 Å². The monoisotopic (exact) mass is 170 g/mol. The largest absolute Gasteiger partial charge is 0.330 e. The minimum absolute atomic E-state index is 0.718. The molecule has 1 fully saturated rings. The van der Waals surface area contributed by atoms with E-state index in [4.69, 9.17) is 5.73 Å². The van der Waals surface area contributed by atoms with E-state index in [2.05, 4.69) is 18.9 Å². The Balaban J connectivity index is 2.45. The predicted molar refractivity (Wildman–Crippen MR) is 53.1 cm³/mol. The second-order valence-corrected chi connectivity index (χ2v) is 3.95. The van der Waals surface area contributed by atoms with E-state index < -0.39 is 0 Å². The Kier molecular flexibility index (Phi) is 4.02. The highest BCUT2D eigenvalue weighted by Gasteiger charge is 2.24. The van der Waals surface area contributed by atoms with Crippen molar-refractivity contribution in [1.29, 1.82) is 0 Å². The van der Waals surface area contributed by atoms with Gasteiger partial charge in [0, 0.05) is 6.04 Å². The van der Waals surface area contributed by atoms with Crippen molar-refractivity contribution in [2.45, 2.75) is 38.6 Å². The highest BCUT2D eigenvalue weighted by molar-refractivity contribution is 4.80. The second-order valence-electron chi connectivity index (χ2n) is 3.95. The summed E-state index contributed by atoms with van der Waals surface area (Å²) in [6, 6.07) is 0.758. The number of likely N-dealkylation sites (tertiary alicyclic amines) is 1. The second kappa shape index (κ2) is 4.83. The Morgan fingerprint density at radius 1 is 1.50 bits per heavy atom. The normalized spacial score (nSPS) is 28.8. The van der Waals surface area contributed by atoms with Gasteiger partial charge in [-0.25, -0.2) is 0 Å². The van der Waals surface area contributed by atoms with Gasteiger partial charge in [0.1, 0.15) is 0 Å². The quantitative estimate of drug-likeness (QED) is 0.694. The lowest BCUT2D eigenvalue weighted by Gasteiger charge is -2.37. The Morgan fingerprint density at radius 2 is 2.25 bits per heavy atom. The molecule has 0 aromatic carbocycles. The average Bonchev–Trinajstić information content (AvgIpc) is 2.10. The van der Waals surface area contributed by atoms with E-state index in [1.165, 1.54) is 32.2 Å². The van der Waals surface area contributed by atoms with Gasteiger partial charge in [-0.15, -0.1) is 0 Å². The summed E-state index contributed by atoms with van der Waals surface area (Å²) in [5, 5.41) is 0. The van der Waals surface area contributed by atoms with E-state index in [9.17, 15) is 0 Å². The molecule has 0 aliphatic carbocycles. The number of rotatable bonds is 3. The van der Waals surface area contributed by atoms with Crippen LogP contribution in [0.1, 0.15) is 32.6 Å². The molecular formula is C10H22N2. The van der Waals surface area contributed by atoms with Gasteiger partial charge in [-0.05, 0) is 38.9 Å². The lowest BCUT2D eigenvalue weighted by molar-refractivity contribution is 0.129. The summed E-state index contributed by atoms with van der Waals surface area (Å²) in [4.78, 5) is 2.49. The Hall–Kier alpha value is -0.0800. The van der Waals surface area contributed by atoms with Crippen LogP contribution in [0, 0.1) is 5.92 Å². The first-order valence-electron chi connectivity index (χ1n) is 5.20. The summed E-state index contributed by atoms with van der Waals surface area (Å²) in [6.45, 7) is 4.37. The molecule has 0 bridgehead atoms. The van der Waals surface area contributed by atoms with Gasteiger partial charge in [0.25, 0.3) is 0 Å². The number of nitrogens with two attached hydrogens (primary N) is 1. The molecular weight excluding hydrogens is 148 g/mol. The van der Waals surface area contributed by atoms with E-state index in [1.807, 2.05) is 0 Å². The summed E-state index contributed by atoms with van der Waals surface area (Å²) < 4.78 is 0. The molecule has 0 radical (unpaired) electrons. The van der Waals surface area contributed by atoms with Gasteiger partial charge in [0.05, 0.1) is 0 Å². The summed E-state index contributed by atoms with van der Waals surface area (Å²) in [5.41, 5.74) is 5.75. The lowest BCUT2D eigenvalue weighted by atomic mass is 9.89. The summed E-state index contributed by atoms with van der Waals surface area (Å²) >= 11 is 0. The van der Waals surface area contributed by atoms with Gasteiger partial charge in [-0.3, -0.25) is 0 Å². The van der Waals surface area contributed by atoms with Crippen LogP contribution >= 0.6 is 0 Å². The molecule has 1 aliphatic heterocycles. The molecule has 0 saturated carbocycles. The zero-order valence-corrected chi connectivity index (χ0v) is 8.42. The van der Waals surface area contributed by atoms with Crippen molar-refractivity contribution in [2.24, 2.45) is 11.7 Å². The molecule has 72 valence electrons. The molecule has 12 heavy (non-hydrogen) atoms. The van der Waals surface area contributed by atoms with Crippen LogP contribution in [-0.2, 0) is 0 Å². The molecule has 0 aromatic heterocycles. The molecule has 2 N–H and O–H groups in total. The number of hydrogen-bond donors (Lipinski definition) is 1. The van der Waals surface area contributed by atoms with Crippen LogP contribution in [0.4, 0.5) is 0 Å². The summed E-state index contributed by atoms with van der Waals surface area (Å²) in [5.74, 6) is 0.718. The van der Waals surface area contributed by atoms with E-state index in [0.717, 1.165) is 18.5 Å². The number of nitrogens with zero attached hydrogens (tertiary/aromatic N) is 1. The van der Waals surface area contributed by atoms with Gasteiger partial charge in [0.2, 0.25) is 0 Å².